The minimum atomic E-state index is -0.0955. The van der Waals surface area contributed by atoms with Crippen molar-refractivity contribution >= 4 is 35.4 Å². The smallest absolute Gasteiger partial charge is 0.256 e. The van der Waals surface area contributed by atoms with Crippen molar-refractivity contribution < 1.29 is 9.59 Å². The Bertz CT molecular complexity index is 1050. The summed E-state index contributed by atoms with van der Waals surface area (Å²) in [6.07, 6.45) is 3.91. The third-order valence-corrected chi connectivity index (χ3v) is 5.16. The molecule has 0 aliphatic carbocycles. The Balaban J connectivity index is 1.68. The molecule has 1 aliphatic rings. The Morgan fingerprint density at radius 1 is 1.11 bits per heavy atom. The van der Waals surface area contributed by atoms with Crippen LogP contribution in [0.4, 0.5) is 0 Å². The molecular weight excluding hydrogens is 383 g/mol. The van der Waals surface area contributed by atoms with Gasteiger partial charge in [-0.25, -0.2) is 0 Å². The number of aldehydes is 1. The van der Waals surface area contributed by atoms with Gasteiger partial charge in [0.25, 0.3) is 5.91 Å². The second kappa shape index (κ2) is 7.14. The highest BCUT2D eigenvalue weighted by Gasteiger charge is 2.30. The van der Waals surface area contributed by atoms with E-state index in [0.717, 1.165) is 28.5 Å². The zero-order valence-electron chi connectivity index (χ0n) is 14.2. The van der Waals surface area contributed by atoms with Gasteiger partial charge in [0.15, 0.2) is 6.29 Å². The molecule has 3 aromatic rings. The molecule has 0 saturated carbocycles. The van der Waals surface area contributed by atoms with Gasteiger partial charge in [0.2, 0.25) is 0 Å². The lowest BCUT2D eigenvalue weighted by atomic mass is 9.98. The van der Waals surface area contributed by atoms with Crippen LogP contribution >= 0.6 is 23.2 Å². The van der Waals surface area contributed by atoms with Gasteiger partial charge in [-0.15, -0.1) is 0 Å². The van der Waals surface area contributed by atoms with Crippen molar-refractivity contribution in [3.8, 4) is 11.1 Å². The number of halogens is 2. The first kappa shape index (κ1) is 17.7. The van der Waals surface area contributed by atoms with Gasteiger partial charge in [0.05, 0.1) is 10.6 Å². The largest absolute Gasteiger partial charge is 0.330 e. The van der Waals surface area contributed by atoms with Crippen LogP contribution in [0.25, 0.3) is 11.1 Å². The van der Waals surface area contributed by atoms with Crippen molar-refractivity contribution in [2.75, 3.05) is 0 Å². The summed E-state index contributed by atoms with van der Waals surface area (Å²) in [6.45, 7) is 0.942. The van der Waals surface area contributed by atoms with Gasteiger partial charge in [-0.3, -0.25) is 14.6 Å². The number of carbonyl (C=O) groups excluding carboxylic acids is 2. The first-order valence-corrected chi connectivity index (χ1v) is 9.08. The van der Waals surface area contributed by atoms with Crippen molar-refractivity contribution in [1.29, 1.82) is 0 Å². The zero-order chi connectivity index (χ0) is 19.0. The summed E-state index contributed by atoms with van der Waals surface area (Å²) in [4.78, 5) is 29.8. The molecule has 0 atom stereocenters. The molecule has 0 fully saturated rings. The number of hydrogen-bond acceptors (Lipinski definition) is 3. The minimum absolute atomic E-state index is 0.0955. The van der Waals surface area contributed by atoms with E-state index in [4.69, 9.17) is 23.2 Å². The number of nitrogens with zero attached hydrogens (tertiary/aromatic N) is 2. The summed E-state index contributed by atoms with van der Waals surface area (Å²) in [6, 6.07) is 12.8. The summed E-state index contributed by atoms with van der Waals surface area (Å²) in [5.41, 5.74) is 4.39. The van der Waals surface area contributed by atoms with Gasteiger partial charge in [-0.1, -0.05) is 35.3 Å². The van der Waals surface area contributed by atoms with Crippen LogP contribution in [0.5, 0.6) is 0 Å². The van der Waals surface area contributed by atoms with Gasteiger partial charge in [0, 0.05) is 36.1 Å². The summed E-state index contributed by atoms with van der Waals surface area (Å²) < 4.78 is 0. The predicted molar refractivity (Wildman–Crippen MR) is 105 cm³/mol. The monoisotopic (exact) mass is 396 g/mol. The molecule has 0 bridgehead atoms. The van der Waals surface area contributed by atoms with Crippen molar-refractivity contribution in [1.82, 2.24) is 9.88 Å². The Labute approximate surface area is 166 Å². The van der Waals surface area contributed by atoms with Crippen LogP contribution in [-0.2, 0) is 13.1 Å². The topological polar surface area (TPSA) is 50.3 Å². The third-order valence-electron chi connectivity index (χ3n) is 4.61. The van der Waals surface area contributed by atoms with Crippen LogP contribution in [0.1, 0.15) is 31.8 Å². The lowest BCUT2D eigenvalue weighted by Gasteiger charge is -2.15. The number of aromatic nitrogens is 1. The highest BCUT2D eigenvalue weighted by molar-refractivity contribution is 6.34. The molecule has 0 N–H and O–H groups in total. The highest BCUT2D eigenvalue weighted by atomic mass is 35.5. The number of carbonyl (C=O) groups is 2. The number of benzene rings is 2. The molecule has 1 aliphatic heterocycles. The molecule has 0 saturated heterocycles. The first-order valence-electron chi connectivity index (χ1n) is 8.32. The van der Waals surface area contributed by atoms with Gasteiger partial charge < -0.3 is 4.90 Å². The first-order chi connectivity index (χ1) is 13.1. The molecule has 1 aromatic heterocycles. The number of rotatable bonds is 4. The predicted octanol–water partition coefficient (Wildman–Crippen LogP) is 5.02. The highest BCUT2D eigenvalue weighted by Crippen LogP contribution is 2.35. The van der Waals surface area contributed by atoms with Crippen molar-refractivity contribution in [3.63, 3.8) is 0 Å². The summed E-state index contributed by atoms with van der Waals surface area (Å²) >= 11 is 12.4. The summed E-state index contributed by atoms with van der Waals surface area (Å²) in [5.74, 6) is -0.0955. The summed E-state index contributed by atoms with van der Waals surface area (Å²) in [7, 11) is 0. The van der Waals surface area contributed by atoms with E-state index >= 15 is 0 Å². The fourth-order valence-electron chi connectivity index (χ4n) is 3.32. The maximum Gasteiger partial charge on any atom is 0.256 e. The van der Waals surface area contributed by atoms with Crippen LogP contribution in [0.3, 0.4) is 0 Å². The van der Waals surface area contributed by atoms with E-state index in [1.807, 2.05) is 18.2 Å². The second-order valence-electron chi connectivity index (χ2n) is 6.36. The van der Waals surface area contributed by atoms with Crippen LogP contribution < -0.4 is 0 Å². The number of fused-ring (bicyclic) bond motifs is 1. The van der Waals surface area contributed by atoms with E-state index < -0.39 is 0 Å². The van der Waals surface area contributed by atoms with E-state index in [9.17, 15) is 9.59 Å². The molecule has 0 spiro atoms. The Kier molecular flexibility index (Phi) is 4.68. The molecule has 6 heteroatoms. The molecule has 4 nitrogen and oxygen atoms in total. The van der Waals surface area contributed by atoms with E-state index in [-0.39, 0.29) is 5.91 Å². The van der Waals surface area contributed by atoms with E-state index in [1.54, 1.807) is 35.4 Å². The van der Waals surface area contributed by atoms with Gasteiger partial charge in [-0.05, 0) is 52.6 Å². The lowest BCUT2D eigenvalue weighted by Crippen LogP contribution is -2.23. The fraction of sp³-hybridized carbons (Fsp3) is 0.0952. The zero-order valence-corrected chi connectivity index (χ0v) is 15.7. The van der Waals surface area contributed by atoms with Gasteiger partial charge in [0.1, 0.15) is 0 Å². The molecule has 0 radical (unpaired) electrons. The quantitative estimate of drug-likeness (QED) is 0.581. The second-order valence-corrected chi connectivity index (χ2v) is 7.20. The van der Waals surface area contributed by atoms with Crippen molar-refractivity contribution in [2.45, 2.75) is 13.1 Å². The minimum Gasteiger partial charge on any atom is -0.330 e. The molecule has 0 unspecified atom stereocenters. The average Bonchev–Trinajstić information content (AvgIpc) is 2.99. The Morgan fingerprint density at radius 3 is 2.63 bits per heavy atom. The maximum atomic E-state index is 12.8. The molecular formula is C21H14Cl2N2O2. The lowest BCUT2D eigenvalue weighted by molar-refractivity contribution is 0.0766. The average molecular weight is 397 g/mol. The molecule has 27 heavy (non-hydrogen) atoms. The Hall–Kier alpha value is -2.69. The van der Waals surface area contributed by atoms with Crippen LogP contribution in [0.2, 0.25) is 10.0 Å². The fourth-order valence-corrected chi connectivity index (χ4v) is 3.77. The maximum absolute atomic E-state index is 12.8. The number of amides is 1. The summed E-state index contributed by atoms with van der Waals surface area (Å²) in [5, 5.41) is 1.05. The molecule has 134 valence electrons. The van der Waals surface area contributed by atoms with E-state index in [2.05, 4.69) is 4.98 Å². The Morgan fingerprint density at radius 2 is 1.89 bits per heavy atom. The molecule has 1 amide bonds. The number of hydrogen-bond donors (Lipinski definition) is 0. The molecule has 2 aromatic carbocycles. The number of pyridine rings is 1. The van der Waals surface area contributed by atoms with Crippen molar-refractivity contribution in [3.05, 3.63) is 87.2 Å². The van der Waals surface area contributed by atoms with E-state index in [1.165, 1.54) is 6.20 Å². The van der Waals surface area contributed by atoms with Crippen LogP contribution in [-0.4, -0.2) is 22.1 Å². The van der Waals surface area contributed by atoms with Gasteiger partial charge >= 0.3 is 0 Å². The van der Waals surface area contributed by atoms with Gasteiger partial charge in [-0.2, -0.15) is 0 Å². The molecule has 2 heterocycles. The van der Waals surface area contributed by atoms with Crippen molar-refractivity contribution in [2.24, 2.45) is 0 Å². The van der Waals surface area contributed by atoms with Crippen LogP contribution in [0.15, 0.2) is 54.9 Å². The van der Waals surface area contributed by atoms with Crippen LogP contribution in [0, 0.1) is 0 Å². The normalized spacial score (nSPS) is 13.0. The molecule has 4 rings (SSSR count). The third kappa shape index (κ3) is 3.34. The van der Waals surface area contributed by atoms with E-state index in [0.29, 0.717) is 34.3 Å². The SMILES string of the molecule is O=Cc1cnccc1-c1cc(Cl)c2c(c1)CN(Cc1ccc(Cl)cc1)C2=O. The standard InChI is InChI=1S/C21H14Cl2N2O2/c22-17-3-1-13(2-4-17)10-25-11-15-7-14(8-19(23)20(15)21(25)27)18-5-6-24-9-16(18)12-26/h1-9,12H,10-11H2.